The number of nitrogens with zero attached hydrogens (tertiary/aromatic N) is 1. The van der Waals surface area contributed by atoms with E-state index in [-0.39, 0.29) is 41.9 Å². The molecule has 2 atom stereocenters. The third-order valence-electron chi connectivity index (χ3n) is 5.51. The third kappa shape index (κ3) is 3.32. The van der Waals surface area contributed by atoms with Crippen LogP contribution in [0.3, 0.4) is 0 Å². The van der Waals surface area contributed by atoms with Crippen LogP contribution < -0.4 is 5.32 Å². The number of H-pyrrole nitrogens is 1. The van der Waals surface area contributed by atoms with Crippen molar-refractivity contribution in [2.24, 2.45) is 11.8 Å². The molecule has 0 radical (unpaired) electrons. The Kier molecular flexibility index (Phi) is 3.98. The minimum atomic E-state index is -4.53. The predicted octanol–water partition coefficient (Wildman–Crippen LogP) is 3.70. The summed E-state index contributed by atoms with van der Waals surface area (Å²) in [5, 5.41) is 20.7. The molecule has 0 spiro atoms. The zero-order valence-electron chi connectivity index (χ0n) is 15.7. The molecule has 2 aliphatic carbocycles. The van der Waals surface area contributed by atoms with E-state index >= 15 is 0 Å². The molecule has 1 aromatic carbocycles. The molecule has 2 aromatic rings. The Hall–Kier alpha value is -2.29. The van der Waals surface area contributed by atoms with Crippen molar-refractivity contribution in [3.63, 3.8) is 0 Å². The second-order valence-corrected chi connectivity index (χ2v) is 8.87. The Morgan fingerprint density at radius 3 is 2.50 bits per heavy atom. The fourth-order valence-electron chi connectivity index (χ4n) is 4.26. The molecule has 1 amide bonds. The second-order valence-electron chi connectivity index (χ2n) is 8.87. The Morgan fingerprint density at radius 1 is 1.29 bits per heavy atom. The molecule has 1 heterocycles. The summed E-state index contributed by atoms with van der Waals surface area (Å²) >= 11 is 0. The van der Waals surface area contributed by atoms with E-state index in [1.807, 2.05) is 20.8 Å². The number of aromatic amines is 1. The van der Waals surface area contributed by atoms with Crippen LogP contribution in [0.4, 0.5) is 18.0 Å². The Bertz CT molecular complexity index is 920. The van der Waals surface area contributed by atoms with Crippen molar-refractivity contribution in [3.05, 3.63) is 29.5 Å². The van der Waals surface area contributed by atoms with Gasteiger partial charge in [0, 0.05) is 22.8 Å². The van der Waals surface area contributed by atoms with Crippen LogP contribution >= 0.6 is 0 Å². The van der Waals surface area contributed by atoms with E-state index in [0.29, 0.717) is 5.39 Å². The first kappa shape index (κ1) is 19.0. The van der Waals surface area contributed by atoms with Gasteiger partial charge in [0.2, 0.25) is 0 Å². The third-order valence-corrected chi connectivity index (χ3v) is 5.51. The summed E-state index contributed by atoms with van der Waals surface area (Å²) in [4.78, 5) is 11.9. The molecule has 0 bridgehead atoms. The lowest BCUT2D eigenvalue weighted by Crippen LogP contribution is -2.41. The summed E-state index contributed by atoms with van der Waals surface area (Å²) in [5.74, 6) is -0.126. The first-order valence-corrected chi connectivity index (χ1v) is 9.13. The first-order chi connectivity index (χ1) is 12.9. The van der Waals surface area contributed by atoms with Gasteiger partial charge in [-0.1, -0.05) is 0 Å². The summed E-state index contributed by atoms with van der Waals surface area (Å²) in [6.07, 6.45) is -3.44. The number of aromatic nitrogens is 2. The van der Waals surface area contributed by atoms with E-state index in [1.54, 1.807) is 0 Å². The lowest BCUT2D eigenvalue weighted by Gasteiger charge is -2.28. The van der Waals surface area contributed by atoms with Crippen molar-refractivity contribution in [2.45, 2.75) is 57.0 Å². The summed E-state index contributed by atoms with van der Waals surface area (Å²) < 4.78 is 45.2. The monoisotopic (exact) mass is 397 g/mol. The van der Waals surface area contributed by atoms with Crippen LogP contribution in [0.15, 0.2) is 18.3 Å². The minimum absolute atomic E-state index is 0.0628. The average molecular weight is 397 g/mol. The fraction of sp³-hybridized carbons (Fsp3) is 0.579. The molecule has 6 nitrogen and oxygen atoms in total. The maximum absolute atomic E-state index is 13.3. The number of alkyl carbamates (subject to hydrolysis) is 1. The average Bonchev–Trinajstić information content (AvgIpc) is 2.91. The Balaban J connectivity index is 1.54. The van der Waals surface area contributed by atoms with Gasteiger partial charge in [0.05, 0.1) is 22.9 Å². The number of aliphatic hydroxyl groups is 1. The zero-order chi connectivity index (χ0) is 20.5. The number of ether oxygens (including phenoxy) is 1. The van der Waals surface area contributed by atoms with Gasteiger partial charge >= 0.3 is 12.3 Å². The van der Waals surface area contributed by atoms with Gasteiger partial charge in [-0.25, -0.2) is 4.79 Å². The van der Waals surface area contributed by atoms with Crippen LogP contribution in [-0.2, 0) is 16.5 Å². The molecular weight excluding hydrogens is 375 g/mol. The molecule has 0 aliphatic heterocycles. The minimum Gasteiger partial charge on any atom is -0.446 e. The van der Waals surface area contributed by atoms with Gasteiger partial charge in [0.15, 0.2) is 0 Å². The lowest BCUT2D eigenvalue weighted by molar-refractivity contribution is -0.137. The van der Waals surface area contributed by atoms with Crippen molar-refractivity contribution in [1.29, 1.82) is 0 Å². The molecule has 0 saturated heterocycles. The number of halogens is 3. The molecule has 3 N–H and O–H groups in total. The Morgan fingerprint density at radius 2 is 1.93 bits per heavy atom. The van der Waals surface area contributed by atoms with E-state index in [2.05, 4.69) is 15.5 Å². The second kappa shape index (κ2) is 5.85. The Labute approximate surface area is 159 Å². The van der Waals surface area contributed by atoms with Gasteiger partial charge in [0.1, 0.15) is 6.10 Å². The molecule has 28 heavy (non-hydrogen) atoms. The maximum Gasteiger partial charge on any atom is 0.416 e. The largest absolute Gasteiger partial charge is 0.446 e. The number of amides is 1. The zero-order valence-corrected chi connectivity index (χ0v) is 15.7. The highest BCUT2D eigenvalue weighted by Gasteiger charge is 2.64. The number of carbonyl (C=O) groups excluding carboxylic acids is 1. The lowest BCUT2D eigenvalue weighted by atomic mass is 9.85. The maximum atomic E-state index is 13.3. The molecule has 9 heteroatoms. The molecule has 2 aliphatic rings. The normalized spacial score (nSPS) is 29.6. The van der Waals surface area contributed by atoms with Crippen LogP contribution in [0, 0.1) is 11.8 Å². The summed E-state index contributed by atoms with van der Waals surface area (Å²) in [6, 6.07) is 2.00. The SMILES string of the molecule is CC(C)(C)NC(=O)OC1C2CC(O)(c3cc(C(F)(F)F)cc4[nH]ncc34)CC21. The smallest absolute Gasteiger partial charge is 0.416 e. The van der Waals surface area contributed by atoms with Crippen molar-refractivity contribution in [1.82, 2.24) is 15.5 Å². The molecule has 2 unspecified atom stereocenters. The predicted molar refractivity (Wildman–Crippen MR) is 94.4 cm³/mol. The molecule has 4 rings (SSSR count). The van der Waals surface area contributed by atoms with Crippen LogP contribution in [0.25, 0.3) is 10.9 Å². The van der Waals surface area contributed by atoms with Crippen LogP contribution in [0.1, 0.15) is 44.7 Å². The molecule has 1 aromatic heterocycles. The van der Waals surface area contributed by atoms with Crippen molar-refractivity contribution in [2.75, 3.05) is 0 Å². The number of fused-ring (bicyclic) bond motifs is 2. The van der Waals surface area contributed by atoms with E-state index < -0.39 is 29.0 Å². The van der Waals surface area contributed by atoms with Crippen LogP contribution in [0.5, 0.6) is 0 Å². The molecule has 2 fully saturated rings. The van der Waals surface area contributed by atoms with E-state index in [4.69, 9.17) is 4.74 Å². The van der Waals surface area contributed by atoms with E-state index in [1.165, 1.54) is 6.20 Å². The molecular formula is C19H22F3N3O3. The standard InChI is InChI=1S/C19H22F3N3O3/c1-17(2,3)24-16(26)28-15-10-6-18(27,7-11(10)15)13-4-9(19(20,21)22)5-14-12(13)8-23-25-14/h4-5,8,10-11,15,27H,6-7H2,1-3H3,(H,23,25)(H,24,26). The topological polar surface area (TPSA) is 87.2 Å². The summed E-state index contributed by atoms with van der Waals surface area (Å²) in [6.45, 7) is 5.51. The molecule has 152 valence electrons. The van der Waals surface area contributed by atoms with Crippen molar-refractivity contribution < 1.29 is 27.8 Å². The molecule has 2 saturated carbocycles. The highest BCUT2D eigenvalue weighted by atomic mass is 19.4. The number of benzene rings is 1. The van der Waals surface area contributed by atoms with Gasteiger partial charge in [-0.05, 0) is 51.3 Å². The number of rotatable bonds is 2. The highest BCUT2D eigenvalue weighted by molar-refractivity contribution is 5.83. The van der Waals surface area contributed by atoms with Crippen LogP contribution in [0.2, 0.25) is 0 Å². The van der Waals surface area contributed by atoms with Crippen molar-refractivity contribution >= 4 is 17.0 Å². The number of nitrogens with one attached hydrogen (secondary N) is 2. The van der Waals surface area contributed by atoms with Crippen molar-refractivity contribution in [3.8, 4) is 0 Å². The summed E-state index contributed by atoms with van der Waals surface area (Å²) in [5.41, 5.74) is -2.20. The first-order valence-electron chi connectivity index (χ1n) is 9.13. The van der Waals surface area contributed by atoms with Gasteiger partial charge in [-0.15, -0.1) is 0 Å². The quantitative estimate of drug-likeness (QED) is 0.721. The van der Waals surface area contributed by atoms with Gasteiger partial charge in [-0.2, -0.15) is 18.3 Å². The number of hydrogen-bond acceptors (Lipinski definition) is 4. The van der Waals surface area contributed by atoms with Crippen LogP contribution in [-0.4, -0.2) is 33.0 Å². The number of hydrogen-bond donors (Lipinski definition) is 3. The van der Waals surface area contributed by atoms with E-state index in [9.17, 15) is 23.1 Å². The van der Waals surface area contributed by atoms with Gasteiger partial charge in [0.25, 0.3) is 0 Å². The highest BCUT2D eigenvalue weighted by Crippen LogP contribution is 2.61. The fourth-order valence-corrected chi connectivity index (χ4v) is 4.26. The van der Waals surface area contributed by atoms with Gasteiger partial charge in [-0.3, -0.25) is 5.10 Å². The van der Waals surface area contributed by atoms with E-state index in [0.717, 1.165) is 12.1 Å². The summed E-state index contributed by atoms with van der Waals surface area (Å²) in [7, 11) is 0. The van der Waals surface area contributed by atoms with Gasteiger partial charge < -0.3 is 15.2 Å². The number of carbonyl (C=O) groups is 1. The number of alkyl halides is 3.